The number of aromatic nitrogens is 3. The van der Waals surface area contributed by atoms with Gasteiger partial charge in [-0.05, 0) is 56.0 Å². The summed E-state index contributed by atoms with van der Waals surface area (Å²) >= 11 is 3.19. The molecule has 7 nitrogen and oxygen atoms in total. The molecular formula is C13H20BrN5O2. The highest BCUT2D eigenvalue weighted by Crippen LogP contribution is 2.22. The molecule has 8 heteroatoms. The molecule has 21 heavy (non-hydrogen) atoms. The van der Waals surface area contributed by atoms with Crippen LogP contribution in [0, 0.1) is 0 Å². The third-order valence-corrected chi connectivity index (χ3v) is 3.38. The maximum absolute atomic E-state index is 11.7. The van der Waals surface area contributed by atoms with Crippen LogP contribution in [0.2, 0.25) is 0 Å². The molecule has 2 N–H and O–H groups in total. The van der Waals surface area contributed by atoms with Gasteiger partial charge in [0.05, 0.1) is 6.20 Å². The van der Waals surface area contributed by atoms with Crippen LogP contribution in [0.4, 0.5) is 10.7 Å². The van der Waals surface area contributed by atoms with Gasteiger partial charge in [-0.1, -0.05) is 0 Å². The Hall–Kier alpha value is -1.44. The van der Waals surface area contributed by atoms with E-state index in [1.165, 1.54) is 0 Å². The van der Waals surface area contributed by atoms with E-state index < -0.39 is 5.60 Å². The lowest BCUT2D eigenvalue weighted by Gasteiger charge is -2.21. The van der Waals surface area contributed by atoms with Crippen LogP contribution >= 0.6 is 15.9 Å². The predicted octanol–water partition coefficient (Wildman–Crippen LogP) is 2.49. The number of alkyl carbamates (subject to hydrolysis) is 1. The summed E-state index contributed by atoms with van der Waals surface area (Å²) in [5, 5.41) is 13.9. The van der Waals surface area contributed by atoms with E-state index in [2.05, 4.69) is 41.7 Å². The van der Waals surface area contributed by atoms with Gasteiger partial charge in [-0.3, -0.25) is 0 Å². The fourth-order valence-corrected chi connectivity index (χ4v) is 2.41. The quantitative estimate of drug-likeness (QED) is 0.863. The smallest absolute Gasteiger partial charge is 0.407 e. The Morgan fingerprint density at radius 1 is 1.33 bits per heavy atom. The molecule has 0 bridgehead atoms. The summed E-state index contributed by atoms with van der Waals surface area (Å²) in [6.07, 6.45) is 3.90. The van der Waals surface area contributed by atoms with E-state index in [9.17, 15) is 4.79 Å². The van der Waals surface area contributed by atoms with Crippen LogP contribution in [-0.2, 0) is 4.74 Å². The average molecular weight is 358 g/mol. The fraction of sp³-hybridized carbons (Fsp3) is 0.692. The highest BCUT2D eigenvalue weighted by Gasteiger charge is 2.28. The molecule has 0 radical (unpaired) electrons. The largest absolute Gasteiger partial charge is 0.444 e. The summed E-state index contributed by atoms with van der Waals surface area (Å²) in [6.45, 7) is 5.55. The number of nitrogens with one attached hydrogen (secondary N) is 2. The first-order valence-corrected chi connectivity index (χ1v) is 7.72. The van der Waals surface area contributed by atoms with Gasteiger partial charge in [0.25, 0.3) is 0 Å². The van der Waals surface area contributed by atoms with Crippen LogP contribution in [-0.4, -0.2) is 39.0 Å². The monoisotopic (exact) mass is 357 g/mol. The molecule has 0 spiro atoms. The van der Waals surface area contributed by atoms with Crippen molar-refractivity contribution in [3.8, 4) is 0 Å². The van der Waals surface area contributed by atoms with E-state index in [0.29, 0.717) is 10.6 Å². The predicted molar refractivity (Wildman–Crippen MR) is 81.9 cm³/mol. The van der Waals surface area contributed by atoms with Gasteiger partial charge < -0.3 is 15.4 Å². The van der Waals surface area contributed by atoms with E-state index in [1.54, 1.807) is 6.20 Å². The maximum atomic E-state index is 11.7. The van der Waals surface area contributed by atoms with Crippen molar-refractivity contribution in [1.82, 2.24) is 20.5 Å². The third kappa shape index (κ3) is 5.45. The molecule has 1 fully saturated rings. The molecule has 0 saturated heterocycles. The molecule has 1 heterocycles. The molecule has 116 valence electrons. The van der Waals surface area contributed by atoms with Crippen molar-refractivity contribution in [3.05, 3.63) is 10.8 Å². The molecule has 1 saturated carbocycles. The van der Waals surface area contributed by atoms with Crippen LogP contribution in [0.15, 0.2) is 10.8 Å². The number of hydrogen-bond acceptors (Lipinski definition) is 6. The summed E-state index contributed by atoms with van der Waals surface area (Å²) in [7, 11) is 0. The topological polar surface area (TPSA) is 89.0 Å². The Labute approximate surface area is 132 Å². The number of anilines is 1. The zero-order chi connectivity index (χ0) is 15.5. The van der Waals surface area contributed by atoms with Gasteiger partial charge in [0.15, 0.2) is 0 Å². The molecule has 0 aliphatic heterocycles. The molecule has 1 aromatic heterocycles. The van der Waals surface area contributed by atoms with Crippen molar-refractivity contribution in [1.29, 1.82) is 0 Å². The normalized spacial score (nSPS) is 21.9. The lowest BCUT2D eigenvalue weighted by molar-refractivity contribution is 0.0505. The standard InChI is InChI=1S/C13H20BrN5O2/c1-13(2,3)21-12(20)17-9-5-4-8(6-9)16-11-15-7-10(14)18-19-11/h7-9H,4-6H2,1-3H3,(H,17,20)(H,15,16,19)/t8-,9-/m0/s1. The number of ether oxygens (including phenoxy) is 1. The zero-order valence-electron chi connectivity index (χ0n) is 12.4. The maximum Gasteiger partial charge on any atom is 0.407 e. The summed E-state index contributed by atoms with van der Waals surface area (Å²) < 4.78 is 5.86. The van der Waals surface area contributed by atoms with Gasteiger partial charge in [0.1, 0.15) is 10.2 Å². The molecule has 1 aliphatic carbocycles. The molecule has 1 aromatic rings. The molecule has 2 rings (SSSR count). The Morgan fingerprint density at radius 3 is 2.67 bits per heavy atom. The number of carbonyl (C=O) groups is 1. The van der Waals surface area contributed by atoms with Gasteiger partial charge in [0, 0.05) is 12.1 Å². The van der Waals surface area contributed by atoms with Gasteiger partial charge >= 0.3 is 6.09 Å². The van der Waals surface area contributed by atoms with Gasteiger partial charge in [0.2, 0.25) is 5.95 Å². The van der Waals surface area contributed by atoms with Gasteiger partial charge in [-0.25, -0.2) is 9.78 Å². The Morgan fingerprint density at radius 2 is 2.05 bits per heavy atom. The number of halogens is 1. The molecule has 1 aliphatic rings. The van der Waals surface area contributed by atoms with E-state index in [-0.39, 0.29) is 18.2 Å². The van der Waals surface area contributed by atoms with Gasteiger partial charge in [-0.2, -0.15) is 0 Å². The fourth-order valence-electron chi connectivity index (χ4n) is 2.23. The van der Waals surface area contributed by atoms with Crippen molar-refractivity contribution >= 4 is 28.0 Å². The zero-order valence-corrected chi connectivity index (χ0v) is 14.0. The first-order valence-electron chi connectivity index (χ1n) is 6.93. The Kier molecular flexibility index (Phi) is 4.97. The second kappa shape index (κ2) is 6.55. The van der Waals surface area contributed by atoms with Crippen molar-refractivity contribution in [2.45, 2.75) is 57.7 Å². The SMILES string of the molecule is CC(C)(C)OC(=O)N[C@H]1CC[C@H](Nc2ncc(Br)nn2)C1. The van der Waals surface area contributed by atoms with Crippen molar-refractivity contribution < 1.29 is 9.53 Å². The number of amides is 1. The number of hydrogen-bond donors (Lipinski definition) is 2. The molecule has 0 unspecified atom stereocenters. The summed E-state index contributed by atoms with van der Waals surface area (Å²) in [6, 6.07) is 0.341. The van der Waals surface area contributed by atoms with E-state index in [0.717, 1.165) is 19.3 Å². The molecule has 1 amide bonds. The first kappa shape index (κ1) is 15.9. The van der Waals surface area contributed by atoms with Crippen LogP contribution < -0.4 is 10.6 Å². The lowest BCUT2D eigenvalue weighted by Crippen LogP contribution is -2.38. The third-order valence-electron chi connectivity index (χ3n) is 3.02. The van der Waals surface area contributed by atoms with Crippen LogP contribution in [0.3, 0.4) is 0 Å². The summed E-state index contributed by atoms with van der Waals surface area (Å²) in [5.41, 5.74) is -0.475. The second-order valence-electron chi connectivity index (χ2n) is 6.10. The molecular weight excluding hydrogens is 338 g/mol. The minimum Gasteiger partial charge on any atom is -0.444 e. The minimum absolute atomic E-state index is 0.112. The van der Waals surface area contributed by atoms with Crippen LogP contribution in [0.1, 0.15) is 40.0 Å². The van der Waals surface area contributed by atoms with Crippen LogP contribution in [0.25, 0.3) is 0 Å². The van der Waals surface area contributed by atoms with Crippen LogP contribution in [0.5, 0.6) is 0 Å². The van der Waals surface area contributed by atoms with Gasteiger partial charge in [-0.15, -0.1) is 10.2 Å². The lowest BCUT2D eigenvalue weighted by atomic mass is 10.2. The Bertz CT molecular complexity index is 488. The van der Waals surface area contributed by atoms with Crippen molar-refractivity contribution in [3.63, 3.8) is 0 Å². The second-order valence-corrected chi connectivity index (χ2v) is 6.91. The minimum atomic E-state index is -0.475. The summed E-state index contributed by atoms with van der Waals surface area (Å²) in [4.78, 5) is 15.9. The Balaban J connectivity index is 1.78. The number of rotatable bonds is 3. The average Bonchev–Trinajstić information content (AvgIpc) is 2.77. The highest BCUT2D eigenvalue weighted by atomic mass is 79.9. The van der Waals surface area contributed by atoms with E-state index in [1.807, 2.05) is 20.8 Å². The first-order chi connectivity index (χ1) is 9.82. The number of nitrogens with zero attached hydrogens (tertiary/aromatic N) is 3. The van der Waals surface area contributed by atoms with E-state index >= 15 is 0 Å². The van der Waals surface area contributed by atoms with E-state index in [4.69, 9.17) is 4.74 Å². The molecule has 2 atom stereocenters. The van der Waals surface area contributed by atoms with Crippen molar-refractivity contribution in [2.24, 2.45) is 0 Å². The molecule has 0 aromatic carbocycles. The summed E-state index contributed by atoms with van der Waals surface area (Å²) in [5.74, 6) is 0.501. The highest BCUT2D eigenvalue weighted by molar-refractivity contribution is 9.10. The number of carbonyl (C=O) groups excluding carboxylic acids is 1. The van der Waals surface area contributed by atoms with Crippen molar-refractivity contribution in [2.75, 3.05) is 5.32 Å².